The molecule has 0 unspecified atom stereocenters. The van der Waals surface area contributed by atoms with Crippen molar-refractivity contribution in [3.63, 3.8) is 0 Å². The minimum absolute atomic E-state index is 0.137. The van der Waals surface area contributed by atoms with Crippen LogP contribution in [0.1, 0.15) is 16.7 Å². The summed E-state index contributed by atoms with van der Waals surface area (Å²) in [5, 5.41) is 0.188. The molecule has 0 radical (unpaired) electrons. The summed E-state index contributed by atoms with van der Waals surface area (Å²) in [6.07, 6.45) is 0. The van der Waals surface area contributed by atoms with Gasteiger partial charge in [-0.3, -0.25) is 4.31 Å². The molecule has 0 bridgehead atoms. The molecule has 0 aliphatic rings. The standard InChI is InChI=1S/C21H19ClFNO2S/c1-15-11-12-21(16(2)13-15)24(14-18-19(22)9-6-10-20(18)23)27(25,26)17-7-4-3-5-8-17/h3-13H,14H2,1-2H3. The SMILES string of the molecule is Cc1ccc(N(Cc2c(F)cccc2Cl)S(=O)(=O)c2ccccc2)c(C)c1. The van der Waals surface area contributed by atoms with Gasteiger partial charge < -0.3 is 0 Å². The highest BCUT2D eigenvalue weighted by Crippen LogP contribution is 2.31. The van der Waals surface area contributed by atoms with Crippen molar-refractivity contribution in [3.8, 4) is 0 Å². The molecule has 27 heavy (non-hydrogen) atoms. The van der Waals surface area contributed by atoms with Crippen LogP contribution in [0.4, 0.5) is 10.1 Å². The average Bonchev–Trinajstić information content (AvgIpc) is 2.63. The van der Waals surface area contributed by atoms with Crippen LogP contribution in [-0.2, 0) is 16.6 Å². The topological polar surface area (TPSA) is 37.4 Å². The van der Waals surface area contributed by atoms with Gasteiger partial charge in [0.15, 0.2) is 0 Å². The lowest BCUT2D eigenvalue weighted by atomic mass is 10.1. The van der Waals surface area contributed by atoms with Gasteiger partial charge in [-0.2, -0.15) is 0 Å². The van der Waals surface area contributed by atoms with E-state index >= 15 is 0 Å². The van der Waals surface area contributed by atoms with Gasteiger partial charge in [-0.1, -0.05) is 53.6 Å². The number of nitrogens with zero attached hydrogens (tertiary/aromatic N) is 1. The summed E-state index contributed by atoms with van der Waals surface area (Å²) >= 11 is 6.16. The van der Waals surface area contributed by atoms with Crippen LogP contribution in [0.2, 0.25) is 5.02 Å². The second-order valence-electron chi connectivity index (χ2n) is 6.31. The first kappa shape index (κ1) is 19.4. The van der Waals surface area contributed by atoms with Gasteiger partial charge in [-0.05, 0) is 49.7 Å². The maximum absolute atomic E-state index is 14.4. The number of anilines is 1. The Morgan fingerprint density at radius 1 is 0.963 bits per heavy atom. The summed E-state index contributed by atoms with van der Waals surface area (Å²) in [5.74, 6) is -0.541. The van der Waals surface area contributed by atoms with Crippen LogP contribution >= 0.6 is 11.6 Å². The van der Waals surface area contributed by atoms with Crippen molar-refractivity contribution < 1.29 is 12.8 Å². The molecule has 3 rings (SSSR count). The molecule has 0 spiro atoms. The third kappa shape index (κ3) is 3.99. The molecule has 0 amide bonds. The van der Waals surface area contributed by atoms with Crippen LogP contribution in [-0.4, -0.2) is 8.42 Å². The van der Waals surface area contributed by atoms with Crippen LogP contribution in [0, 0.1) is 19.7 Å². The summed E-state index contributed by atoms with van der Waals surface area (Å²) in [5.41, 5.74) is 2.42. The second kappa shape index (κ2) is 7.71. The Morgan fingerprint density at radius 3 is 2.30 bits per heavy atom. The molecular weight excluding hydrogens is 385 g/mol. The summed E-state index contributed by atoms with van der Waals surface area (Å²) in [6.45, 7) is 3.56. The zero-order valence-electron chi connectivity index (χ0n) is 15.0. The highest BCUT2D eigenvalue weighted by molar-refractivity contribution is 7.92. The Kier molecular flexibility index (Phi) is 5.53. The zero-order valence-corrected chi connectivity index (χ0v) is 16.6. The number of hydrogen-bond acceptors (Lipinski definition) is 2. The molecule has 0 heterocycles. The molecule has 0 saturated heterocycles. The Hall–Kier alpha value is -2.37. The maximum atomic E-state index is 14.4. The fourth-order valence-corrected chi connectivity index (χ4v) is 4.67. The van der Waals surface area contributed by atoms with Gasteiger partial charge in [0.2, 0.25) is 0 Å². The molecule has 0 atom stereocenters. The highest BCUT2D eigenvalue weighted by Gasteiger charge is 2.28. The van der Waals surface area contributed by atoms with E-state index in [2.05, 4.69) is 0 Å². The Balaban J connectivity index is 2.18. The van der Waals surface area contributed by atoms with Crippen LogP contribution < -0.4 is 4.31 Å². The molecule has 3 aromatic carbocycles. The predicted molar refractivity (Wildman–Crippen MR) is 107 cm³/mol. The van der Waals surface area contributed by atoms with Crippen molar-refractivity contribution in [2.24, 2.45) is 0 Å². The predicted octanol–water partition coefficient (Wildman–Crippen LogP) is 5.49. The highest BCUT2D eigenvalue weighted by atomic mass is 35.5. The minimum Gasteiger partial charge on any atom is -0.261 e. The fourth-order valence-electron chi connectivity index (χ4n) is 2.93. The van der Waals surface area contributed by atoms with E-state index in [1.54, 1.807) is 30.3 Å². The van der Waals surface area contributed by atoms with Crippen LogP contribution in [0.15, 0.2) is 71.6 Å². The van der Waals surface area contributed by atoms with E-state index in [1.807, 2.05) is 26.0 Å². The molecule has 6 heteroatoms. The largest absolute Gasteiger partial charge is 0.264 e. The number of hydrogen-bond donors (Lipinski definition) is 0. The minimum atomic E-state index is -3.91. The molecule has 0 fully saturated rings. The van der Waals surface area contributed by atoms with Crippen molar-refractivity contribution in [2.75, 3.05) is 4.31 Å². The third-order valence-electron chi connectivity index (χ3n) is 4.32. The van der Waals surface area contributed by atoms with E-state index in [-0.39, 0.29) is 22.0 Å². The fraction of sp³-hybridized carbons (Fsp3) is 0.143. The summed E-state index contributed by atoms with van der Waals surface area (Å²) < 4.78 is 42.3. The van der Waals surface area contributed by atoms with E-state index in [9.17, 15) is 12.8 Å². The molecule has 0 aliphatic carbocycles. The molecule has 0 saturated carbocycles. The van der Waals surface area contributed by atoms with E-state index < -0.39 is 15.8 Å². The second-order valence-corrected chi connectivity index (χ2v) is 8.58. The molecule has 0 N–H and O–H groups in total. The van der Waals surface area contributed by atoms with Crippen molar-refractivity contribution in [1.82, 2.24) is 0 Å². The van der Waals surface area contributed by atoms with E-state index in [0.717, 1.165) is 11.1 Å². The smallest absolute Gasteiger partial charge is 0.261 e. The number of halogens is 2. The van der Waals surface area contributed by atoms with Gasteiger partial charge in [-0.15, -0.1) is 0 Å². The van der Waals surface area contributed by atoms with Gasteiger partial charge in [0, 0.05) is 10.6 Å². The number of aryl methyl sites for hydroxylation is 2. The maximum Gasteiger partial charge on any atom is 0.264 e. The molecule has 0 aromatic heterocycles. The van der Waals surface area contributed by atoms with Crippen molar-refractivity contribution in [3.05, 3.63) is 94.3 Å². The first-order valence-electron chi connectivity index (χ1n) is 8.38. The van der Waals surface area contributed by atoms with Crippen molar-refractivity contribution >= 4 is 27.3 Å². The number of sulfonamides is 1. The van der Waals surface area contributed by atoms with Gasteiger partial charge in [0.05, 0.1) is 17.1 Å². The normalized spacial score (nSPS) is 11.4. The summed E-state index contributed by atoms with van der Waals surface area (Å²) in [4.78, 5) is 0.137. The summed E-state index contributed by atoms with van der Waals surface area (Å²) in [6, 6.07) is 17.9. The molecule has 140 valence electrons. The van der Waals surface area contributed by atoms with E-state index in [1.165, 1.54) is 28.6 Å². The van der Waals surface area contributed by atoms with E-state index in [4.69, 9.17) is 11.6 Å². The first-order chi connectivity index (χ1) is 12.8. The molecule has 3 nitrogen and oxygen atoms in total. The molecular formula is C21H19ClFNO2S. The summed E-state index contributed by atoms with van der Waals surface area (Å²) in [7, 11) is -3.91. The zero-order chi connectivity index (χ0) is 19.6. The van der Waals surface area contributed by atoms with Gasteiger partial charge >= 0.3 is 0 Å². The Labute approximate surface area is 164 Å². The van der Waals surface area contributed by atoms with Gasteiger partial charge in [-0.25, -0.2) is 12.8 Å². The average molecular weight is 404 g/mol. The lowest BCUT2D eigenvalue weighted by Crippen LogP contribution is -2.31. The Morgan fingerprint density at radius 2 is 1.67 bits per heavy atom. The van der Waals surface area contributed by atoms with Crippen LogP contribution in [0.5, 0.6) is 0 Å². The third-order valence-corrected chi connectivity index (χ3v) is 6.44. The number of benzene rings is 3. The lowest BCUT2D eigenvalue weighted by molar-refractivity contribution is 0.585. The molecule has 3 aromatic rings. The van der Waals surface area contributed by atoms with Crippen LogP contribution in [0.3, 0.4) is 0 Å². The monoisotopic (exact) mass is 403 g/mol. The first-order valence-corrected chi connectivity index (χ1v) is 10.2. The molecule has 0 aliphatic heterocycles. The Bertz CT molecular complexity index is 1050. The van der Waals surface area contributed by atoms with Gasteiger partial charge in [0.25, 0.3) is 10.0 Å². The number of rotatable bonds is 5. The van der Waals surface area contributed by atoms with E-state index in [0.29, 0.717) is 5.69 Å². The quantitative estimate of drug-likeness (QED) is 0.564. The van der Waals surface area contributed by atoms with Gasteiger partial charge in [0.1, 0.15) is 5.82 Å². The van der Waals surface area contributed by atoms with Crippen LogP contribution in [0.25, 0.3) is 0 Å². The van der Waals surface area contributed by atoms with Crippen molar-refractivity contribution in [1.29, 1.82) is 0 Å². The lowest BCUT2D eigenvalue weighted by Gasteiger charge is -2.27. The van der Waals surface area contributed by atoms with Crippen molar-refractivity contribution in [2.45, 2.75) is 25.3 Å².